The molecule has 7 heteroatoms. The van der Waals surface area contributed by atoms with Crippen LogP contribution in [0.4, 0.5) is 14.5 Å². The SMILES string of the molecule is COc1cnc(CC(=O)O)c(C(F)F)c1N. The van der Waals surface area contributed by atoms with Crippen LogP contribution >= 0.6 is 0 Å². The van der Waals surface area contributed by atoms with Crippen LogP contribution in [0.1, 0.15) is 17.7 Å². The van der Waals surface area contributed by atoms with Gasteiger partial charge in [-0.2, -0.15) is 0 Å². The molecule has 1 heterocycles. The van der Waals surface area contributed by atoms with Crippen molar-refractivity contribution in [3.8, 4) is 5.75 Å². The van der Waals surface area contributed by atoms with Gasteiger partial charge in [-0.3, -0.25) is 9.78 Å². The highest BCUT2D eigenvalue weighted by Crippen LogP contribution is 2.33. The Morgan fingerprint density at radius 1 is 1.69 bits per heavy atom. The molecule has 0 unspecified atom stereocenters. The monoisotopic (exact) mass is 232 g/mol. The number of ether oxygens (including phenoxy) is 1. The van der Waals surface area contributed by atoms with Crippen molar-refractivity contribution < 1.29 is 23.4 Å². The van der Waals surface area contributed by atoms with E-state index in [1.54, 1.807) is 0 Å². The zero-order valence-electron chi connectivity index (χ0n) is 8.41. The van der Waals surface area contributed by atoms with Gasteiger partial charge in [0.25, 0.3) is 6.43 Å². The minimum absolute atomic E-state index is 0.00411. The minimum Gasteiger partial charge on any atom is -0.493 e. The number of anilines is 1. The number of nitrogen functional groups attached to an aromatic ring is 1. The number of rotatable bonds is 4. The number of halogens is 2. The molecule has 0 aliphatic heterocycles. The Bertz CT molecular complexity index is 410. The van der Waals surface area contributed by atoms with Gasteiger partial charge in [0.2, 0.25) is 0 Å². The zero-order chi connectivity index (χ0) is 12.3. The molecule has 0 radical (unpaired) electrons. The van der Waals surface area contributed by atoms with E-state index in [9.17, 15) is 13.6 Å². The predicted octanol–water partition coefficient (Wildman–Crippen LogP) is 1.24. The molecule has 0 fully saturated rings. The normalized spacial score (nSPS) is 10.5. The molecule has 0 aliphatic rings. The van der Waals surface area contributed by atoms with E-state index in [1.165, 1.54) is 7.11 Å². The van der Waals surface area contributed by atoms with Crippen LogP contribution < -0.4 is 10.5 Å². The van der Waals surface area contributed by atoms with Crippen LogP contribution in [0.15, 0.2) is 6.20 Å². The number of hydrogen-bond donors (Lipinski definition) is 2. The number of pyridine rings is 1. The summed E-state index contributed by atoms with van der Waals surface area (Å²) in [4.78, 5) is 14.1. The maximum Gasteiger partial charge on any atom is 0.309 e. The number of aliphatic carboxylic acids is 1. The molecular formula is C9H10F2N2O3. The van der Waals surface area contributed by atoms with Crippen LogP contribution in [0.5, 0.6) is 5.75 Å². The third-order valence-electron chi connectivity index (χ3n) is 1.96. The fourth-order valence-electron chi connectivity index (χ4n) is 1.25. The Hall–Kier alpha value is -1.92. The molecule has 16 heavy (non-hydrogen) atoms. The number of nitrogens with two attached hydrogens (primary N) is 1. The minimum atomic E-state index is -2.89. The number of alkyl halides is 2. The second-order valence-electron chi connectivity index (χ2n) is 2.97. The van der Waals surface area contributed by atoms with Crippen molar-refractivity contribution in [2.24, 2.45) is 0 Å². The lowest BCUT2D eigenvalue weighted by Gasteiger charge is -2.12. The number of hydrogen-bond acceptors (Lipinski definition) is 4. The maximum absolute atomic E-state index is 12.7. The molecule has 0 aliphatic carbocycles. The molecule has 3 N–H and O–H groups in total. The molecule has 0 saturated heterocycles. The maximum atomic E-state index is 12.7. The number of nitrogens with zero attached hydrogens (tertiary/aromatic N) is 1. The van der Waals surface area contributed by atoms with Crippen LogP contribution in [0.2, 0.25) is 0 Å². The van der Waals surface area contributed by atoms with Crippen molar-refractivity contribution in [1.29, 1.82) is 0 Å². The topological polar surface area (TPSA) is 85.4 Å². The first-order valence-corrected chi connectivity index (χ1v) is 4.28. The molecule has 0 aromatic carbocycles. The number of methoxy groups -OCH3 is 1. The van der Waals surface area contributed by atoms with Crippen LogP contribution in [0.25, 0.3) is 0 Å². The van der Waals surface area contributed by atoms with Crippen molar-refractivity contribution >= 4 is 11.7 Å². The summed E-state index contributed by atoms with van der Waals surface area (Å²) in [6.45, 7) is 0. The van der Waals surface area contributed by atoms with Gasteiger partial charge in [-0.1, -0.05) is 0 Å². The lowest BCUT2D eigenvalue weighted by atomic mass is 10.1. The number of carbonyl (C=O) groups is 1. The van der Waals surface area contributed by atoms with Gasteiger partial charge < -0.3 is 15.6 Å². The van der Waals surface area contributed by atoms with Crippen molar-refractivity contribution in [2.45, 2.75) is 12.8 Å². The smallest absolute Gasteiger partial charge is 0.309 e. The molecule has 0 saturated carbocycles. The molecule has 1 aromatic heterocycles. The number of carboxylic acid groups (broad SMARTS) is 1. The summed E-state index contributed by atoms with van der Waals surface area (Å²) in [7, 11) is 1.26. The van der Waals surface area contributed by atoms with E-state index < -0.39 is 24.4 Å². The van der Waals surface area contributed by atoms with Crippen molar-refractivity contribution in [1.82, 2.24) is 4.98 Å². The van der Waals surface area contributed by atoms with E-state index in [1.807, 2.05) is 0 Å². The van der Waals surface area contributed by atoms with Gasteiger partial charge in [0.15, 0.2) is 5.75 Å². The summed E-state index contributed by atoms with van der Waals surface area (Å²) in [6, 6.07) is 0. The highest BCUT2D eigenvalue weighted by atomic mass is 19.3. The quantitative estimate of drug-likeness (QED) is 0.815. The van der Waals surface area contributed by atoms with Gasteiger partial charge in [-0.25, -0.2) is 8.78 Å². The first kappa shape index (κ1) is 12.2. The van der Waals surface area contributed by atoms with Crippen molar-refractivity contribution in [3.05, 3.63) is 17.5 Å². The number of aromatic nitrogens is 1. The van der Waals surface area contributed by atoms with Crippen LogP contribution in [-0.2, 0) is 11.2 Å². The van der Waals surface area contributed by atoms with Crippen molar-refractivity contribution in [3.63, 3.8) is 0 Å². The Labute approximate surface area is 89.9 Å². The summed E-state index contributed by atoms with van der Waals surface area (Å²) < 4.78 is 30.1. The Kier molecular flexibility index (Phi) is 3.60. The van der Waals surface area contributed by atoms with E-state index in [4.69, 9.17) is 15.6 Å². The van der Waals surface area contributed by atoms with Gasteiger partial charge in [-0.05, 0) is 0 Å². The average Bonchev–Trinajstić information content (AvgIpc) is 2.16. The molecule has 0 atom stereocenters. The van der Waals surface area contributed by atoms with E-state index in [0.29, 0.717) is 0 Å². The van der Waals surface area contributed by atoms with E-state index in [-0.39, 0.29) is 17.1 Å². The fraction of sp³-hybridized carbons (Fsp3) is 0.333. The Morgan fingerprint density at radius 3 is 2.75 bits per heavy atom. The molecule has 0 amide bonds. The molecule has 5 nitrogen and oxygen atoms in total. The molecule has 0 spiro atoms. The second-order valence-corrected chi connectivity index (χ2v) is 2.97. The van der Waals surface area contributed by atoms with Gasteiger partial charge in [0.1, 0.15) is 0 Å². The predicted molar refractivity (Wildman–Crippen MR) is 51.5 cm³/mol. The van der Waals surface area contributed by atoms with Crippen molar-refractivity contribution in [2.75, 3.05) is 12.8 Å². The number of carboxylic acids is 1. The zero-order valence-corrected chi connectivity index (χ0v) is 8.41. The molecular weight excluding hydrogens is 222 g/mol. The summed E-state index contributed by atoms with van der Waals surface area (Å²) in [5.41, 5.74) is 4.33. The van der Waals surface area contributed by atoms with Gasteiger partial charge in [0, 0.05) is 0 Å². The first-order valence-electron chi connectivity index (χ1n) is 4.28. The van der Waals surface area contributed by atoms with E-state index in [0.717, 1.165) is 6.20 Å². The third-order valence-corrected chi connectivity index (χ3v) is 1.96. The largest absolute Gasteiger partial charge is 0.493 e. The lowest BCUT2D eigenvalue weighted by Crippen LogP contribution is -2.10. The second kappa shape index (κ2) is 4.73. The van der Waals surface area contributed by atoms with Crippen LogP contribution in [0.3, 0.4) is 0 Å². The molecule has 0 bridgehead atoms. The summed E-state index contributed by atoms with van der Waals surface area (Å²) in [5, 5.41) is 8.53. The average molecular weight is 232 g/mol. The van der Waals surface area contributed by atoms with Crippen LogP contribution in [0, 0.1) is 0 Å². The van der Waals surface area contributed by atoms with Gasteiger partial charge in [-0.15, -0.1) is 0 Å². The van der Waals surface area contributed by atoms with E-state index >= 15 is 0 Å². The van der Waals surface area contributed by atoms with Gasteiger partial charge >= 0.3 is 5.97 Å². The standard InChI is InChI=1S/C9H10F2N2O3/c1-16-5-3-13-4(2-6(14)15)7(8(5)12)9(10)11/h3,9H,2H2,1H3,(H2,12,13)(H,14,15). The highest BCUT2D eigenvalue weighted by Gasteiger charge is 2.22. The first-order chi connectivity index (χ1) is 7.47. The Morgan fingerprint density at radius 2 is 2.31 bits per heavy atom. The third kappa shape index (κ3) is 2.36. The molecule has 1 rings (SSSR count). The van der Waals surface area contributed by atoms with E-state index in [2.05, 4.69) is 4.98 Å². The fourth-order valence-corrected chi connectivity index (χ4v) is 1.25. The Balaban J connectivity index is 3.28. The highest BCUT2D eigenvalue weighted by molar-refractivity contribution is 5.72. The summed E-state index contributed by atoms with van der Waals surface area (Å²) in [5.74, 6) is -1.25. The molecule has 88 valence electrons. The summed E-state index contributed by atoms with van der Waals surface area (Å²) in [6.07, 6.45) is -2.37. The molecule has 1 aromatic rings. The van der Waals surface area contributed by atoms with Gasteiger partial charge in [0.05, 0.1) is 36.7 Å². The lowest BCUT2D eigenvalue weighted by molar-refractivity contribution is -0.136. The van der Waals surface area contributed by atoms with Crippen LogP contribution in [-0.4, -0.2) is 23.2 Å². The summed E-state index contributed by atoms with van der Waals surface area (Å²) >= 11 is 0.